The van der Waals surface area contributed by atoms with E-state index < -0.39 is 29.6 Å². The molecule has 4 N–H and O–H groups in total. The third-order valence-electron chi connectivity index (χ3n) is 2.88. The molecule has 5 nitrogen and oxygen atoms in total. The van der Waals surface area contributed by atoms with Crippen molar-refractivity contribution in [2.75, 3.05) is 6.54 Å². The van der Waals surface area contributed by atoms with Gasteiger partial charge in [-0.1, -0.05) is 0 Å². The number of nitrogens with two attached hydrogens (primary N) is 2. The highest BCUT2D eigenvalue weighted by Crippen LogP contribution is 2.31. The Labute approximate surface area is 95.9 Å². The summed E-state index contributed by atoms with van der Waals surface area (Å²) < 4.78 is 37.7. The predicted molar refractivity (Wildman–Crippen MR) is 52.6 cm³/mol. The van der Waals surface area contributed by atoms with Crippen molar-refractivity contribution >= 4 is 11.8 Å². The fourth-order valence-corrected chi connectivity index (χ4v) is 1.73. The number of nitrogens with zero attached hydrogens (tertiary/aromatic N) is 1. The lowest BCUT2D eigenvalue weighted by molar-refractivity contribution is -0.194. The van der Waals surface area contributed by atoms with Gasteiger partial charge in [0.1, 0.15) is 6.04 Å². The standard InChI is InChI=1S/C9H14F3N3O2/c1-8(14,9(10,11)12)7(17)15-4-2-3-5(15)6(13)16/h5H,2-4,14H2,1H3,(H2,13,16). The van der Waals surface area contributed by atoms with Gasteiger partial charge < -0.3 is 16.4 Å². The summed E-state index contributed by atoms with van der Waals surface area (Å²) in [6, 6.07) is -0.993. The van der Waals surface area contributed by atoms with E-state index in [1.165, 1.54) is 0 Å². The lowest BCUT2D eigenvalue weighted by atomic mass is 10.0. The van der Waals surface area contributed by atoms with E-state index in [9.17, 15) is 22.8 Å². The first kappa shape index (κ1) is 13.8. The summed E-state index contributed by atoms with van der Waals surface area (Å²) in [5, 5.41) is 0. The van der Waals surface area contributed by atoms with Gasteiger partial charge in [0.05, 0.1) is 0 Å². The van der Waals surface area contributed by atoms with Crippen LogP contribution in [0.5, 0.6) is 0 Å². The molecular weight excluding hydrogens is 239 g/mol. The molecule has 1 rings (SSSR count). The lowest BCUT2D eigenvalue weighted by Crippen LogP contribution is -2.63. The van der Waals surface area contributed by atoms with Crippen LogP contribution in [-0.4, -0.2) is 41.0 Å². The van der Waals surface area contributed by atoms with Crippen LogP contribution in [0.15, 0.2) is 0 Å². The van der Waals surface area contributed by atoms with Crippen molar-refractivity contribution in [2.24, 2.45) is 11.5 Å². The molecule has 0 saturated carbocycles. The van der Waals surface area contributed by atoms with Crippen LogP contribution in [0.2, 0.25) is 0 Å². The summed E-state index contributed by atoms with van der Waals surface area (Å²) in [4.78, 5) is 23.5. The molecule has 2 amide bonds. The van der Waals surface area contributed by atoms with Crippen molar-refractivity contribution in [3.05, 3.63) is 0 Å². The second kappa shape index (κ2) is 4.17. The van der Waals surface area contributed by atoms with E-state index in [1.54, 1.807) is 0 Å². The fourth-order valence-electron chi connectivity index (χ4n) is 1.73. The van der Waals surface area contributed by atoms with Gasteiger partial charge in [-0.3, -0.25) is 9.59 Å². The Morgan fingerprint density at radius 1 is 1.35 bits per heavy atom. The lowest BCUT2D eigenvalue weighted by Gasteiger charge is -2.32. The molecule has 1 aliphatic rings. The summed E-state index contributed by atoms with van der Waals surface area (Å²) in [5.74, 6) is -2.12. The zero-order valence-electron chi connectivity index (χ0n) is 9.25. The highest BCUT2D eigenvalue weighted by Gasteiger charge is 2.56. The number of halogens is 3. The second-order valence-electron chi connectivity index (χ2n) is 4.26. The molecule has 2 atom stereocenters. The van der Waals surface area contributed by atoms with Gasteiger partial charge in [0.2, 0.25) is 5.91 Å². The number of carbonyl (C=O) groups is 2. The third-order valence-corrected chi connectivity index (χ3v) is 2.88. The van der Waals surface area contributed by atoms with Crippen molar-refractivity contribution in [3.63, 3.8) is 0 Å². The Hall–Kier alpha value is -1.31. The van der Waals surface area contributed by atoms with Crippen molar-refractivity contribution in [1.29, 1.82) is 0 Å². The maximum absolute atomic E-state index is 12.6. The van der Waals surface area contributed by atoms with Crippen molar-refractivity contribution in [3.8, 4) is 0 Å². The molecule has 0 radical (unpaired) electrons. The van der Waals surface area contributed by atoms with Gasteiger partial charge >= 0.3 is 6.18 Å². The number of alkyl halides is 3. The molecule has 1 fully saturated rings. The fraction of sp³-hybridized carbons (Fsp3) is 0.778. The minimum absolute atomic E-state index is 0.0648. The molecule has 0 aromatic rings. The third kappa shape index (κ3) is 2.36. The van der Waals surface area contributed by atoms with Crippen LogP contribution in [0.4, 0.5) is 13.2 Å². The molecule has 0 bridgehead atoms. The minimum Gasteiger partial charge on any atom is -0.368 e. The molecule has 0 aromatic heterocycles. The second-order valence-corrected chi connectivity index (χ2v) is 4.26. The number of likely N-dealkylation sites (tertiary alicyclic amines) is 1. The number of rotatable bonds is 2. The molecule has 0 aromatic carbocycles. The summed E-state index contributed by atoms with van der Waals surface area (Å²) in [6.45, 7) is 0.654. The number of carbonyl (C=O) groups excluding carboxylic acids is 2. The molecule has 1 heterocycles. The highest BCUT2D eigenvalue weighted by atomic mass is 19.4. The summed E-state index contributed by atoms with van der Waals surface area (Å²) >= 11 is 0. The van der Waals surface area contributed by atoms with E-state index in [0.717, 1.165) is 4.90 Å². The maximum atomic E-state index is 12.6. The van der Waals surface area contributed by atoms with Gasteiger partial charge in [0, 0.05) is 6.54 Å². The SMILES string of the molecule is CC(N)(C(=O)N1CCCC1C(N)=O)C(F)(F)F. The molecule has 98 valence electrons. The first-order valence-corrected chi connectivity index (χ1v) is 5.05. The number of hydrogen-bond donors (Lipinski definition) is 2. The Morgan fingerprint density at radius 3 is 2.29 bits per heavy atom. The van der Waals surface area contributed by atoms with Crippen molar-refractivity contribution < 1.29 is 22.8 Å². The molecule has 2 unspecified atom stereocenters. The molecule has 0 aliphatic carbocycles. The van der Waals surface area contributed by atoms with Crippen LogP contribution >= 0.6 is 0 Å². The Balaban J connectivity index is 2.94. The molecule has 17 heavy (non-hydrogen) atoms. The zero-order valence-corrected chi connectivity index (χ0v) is 9.25. The first-order chi connectivity index (χ1) is 7.59. The van der Waals surface area contributed by atoms with Crippen LogP contribution in [0.25, 0.3) is 0 Å². The molecular formula is C9H14F3N3O2. The van der Waals surface area contributed by atoms with Gasteiger partial charge in [-0.15, -0.1) is 0 Å². The highest BCUT2D eigenvalue weighted by molar-refractivity contribution is 5.92. The minimum atomic E-state index is -4.87. The Bertz CT molecular complexity index is 341. The normalized spacial score (nSPS) is 24.5. The molecule has 1 saturated heterocycles. The smallest absolute Gasteiger partial charge is 0.368 e. The topological polar surface area (TPSA) is 89.4 Å². The molecule has 0 spiro atoms. The quantitative estimate of drug-likeness (QED) is 0.710. The molecule has 8 heteroatoms. The van der Waals surface area contributed by atoms with Crippen LogP contribution in [0.1, 0.15) is 19.8 Å². The number of primary amides is 1. The van der Waals surface area contributed by atoms with E-state index in [4.69, 9.17) is 11.5 Å². The monoisotopic (exact) mass is 253 g/mol. The number of amides is 2. The van der Waals surface area contributed by atoms with Crippen molar-refractivity contribution in [1.82, 2.24) is 4.90 Å². The first-order valence-electron chi connectivity index (χ1n) is 5.05. The molecule has 1 aliphatic heterocycles. The van der Waals surface area contributed by atoms with Crippen LogP contribution in [-0.2, 0) is 9.59 Å². The van der Waals surface area contributed by atoms with Gasteiger partial charge in [0.25, 0.3) is 5.91 Å². The zero-order chi connectivity index (χ0) is 13.4. The van der Waals surface area contributed by atoms with Crippen LogP contribution < -0.4 is 11.5 Å². The van der Waals surface area contributed by atoms with E-state index in [1.807, 2.05) is 0 Å². The van der Waals surface area contributed by atoms with Gasteiger partial charge in [-0.2, -0.15) is 13.2 Å². The van der Waals surface area contributed by atoms with Gasteiger partial charge in [0.15, 0.2) is 5.54 Å². The summed E-state index contributed by atoms with van der Waals surface area (Å²) in [6.07, 6.45) is -4.16. The summed E-state index contributed by atoms with van der Waals surface area (Å²) in [5.41, 5.74) is 7.04. The van der Waals surface area contributed by atoms with Crippen LogP contribution in [0.3, 0.4) is 0 Å². The van der Waals surface area contributed by atoms with Gasteiger partial charge in [-0.05, 0) is 19.8 Å². The van der Waals surface area contributed by atoms with E-state index in [0.29, 0.717) is 13.3 Å². The van der Waals surface area contributed by atoms with E-state index >= 15 is 0 Å². The number of hydrogen-bond acceptors (Lipinski definition) is 3. The average molecular weight is 253 g/mol. The largest absolute Gasteiger partial charge is 0.415 e. The van der Waals surface area contributed by atoms with Gasteiger partial charge in [-0.25, -0.2) is 0 Å². The summed E-state index contributed by atoms with van der Waals surface area (Å²) in [7, 11) is 0. The van der Waals surface area contributed by atoms with Crippen LogP contribution in [0, 0.1) is 0 Å². The average Bonchev–Trinajstić information content (AvgIpc) is 2.62. The Morgan fingerprint density at radius 2 is 1.88 bits per heavy atom. The maximum Gasteiger partial charge on any atom is 0.415 e. The van der Waals surface area contributed by atoms with E-state index in [-0.39, 0.29) is 13.0 Å². The van der Waals surface area contributed by atoms with Crippen molar-refractivity contribution in [2.45, 2.75) is 37.5 Å². The van der Waals surface area contributed by atoms with E-state index in [2.05, 4.69) is 0 Å². The predicted octanol–water partition coefficient (Wildman–Crippen LogP) is -0.258. The Kier molecular flexibility index (Phi) is 3.37.